The van der Waals surface area contributed by atoms with Gasteiger partial charge in [-0.25, -0.2) is 4.79 Å². The van der Waals surface area contributed by atoms with Gasteiger partial charge in [0.05, 0.1) is 25.0 Å². The van der Waals surface area contributed by atoms with Gasteiger partial charge in [0.15, 0.2) is 5.11 Å². The van der Waals surface area contributed by atoms with Crippen LogP contribution in [0.4, 0.5) is 10.7 Å². The molecule has 170 valence electrons. The summed E-state index contributed by atoms with van der Waals surface area (Å²) in [6.07, 6.45) is 4.07. The van der Waals surface area contributed by atoms with Gasteiger partial charge in [0.1, 0.15) is 21.9 Å². The maximum atomic E-state index is 12.7. The first-order valence-corrected chi connectivity index (χ1v) is 12.2. The summed E-state index contributed by atoms with van der Waals surface area (Å²) < 4.78 is 17.0. The Balaban J connectivity index is 1.45. The van der Waals surface area contributed by atoms with Crippen molar-refractivity contribution in [3.8, 4) is 5.75 Å². The van der Waals surface area contributed by atoms with Crippen LogP contribution in [0.5, 0.6) is 5.75 Å². The third-order valence-electron chi connectivity index (χ3n) is 5.82. The third kappa shape index (κ3) is 4.05. The average Bonchev–Trinajstić information content (AvgIpc) is 3.35. The minimum atomic E-state index is -0.302. The lowest BCUT2D eigenvalue weighted by Gasteiger charge is -2.14. The maximum Gasteiger partial charge on any atom is 0.341 e. The number of hydrogen-bond acceptors (Lipinski definition) is 6. The number of ether oxygens (including phenoxy) is 2. The molecule has 0 bridgehead atoms. The summed E-state index contributed by atoms with van der Waals surface area (Å²) in [5.74, 6) is 0.345. The normalized spacial score (nSPS) is 13.0. The lowest BCUT2D eigenvalue weighted by molar-refractivity contribution is 0.0526. The van der Waals surface area contributed by atoms with Crippen molar-refractivity contribution in [1.29, 1.82) is 0 Å². The number of esters is 1. The smallest absolute Gasteiger partial charge is 0.341 e. The molecule has 0 unspecified atom stereocenters. The first-order chi connectivity index (χ1) is 16.1. The zero-order valence-electron chi connectivity index (χ0n) is 18.4. The van der Waals surface area contributed by atoms with Gasteiger partial charge in [-0.2, -0.15) is 0 Å². The highest BCUT2D eigenvalue weighted by Gasteiger charge is 2.27. The number of anilines is 2. The average molecular weight is 481 g/mol. The summed E-state index contributed by atoms with van der Waals surface area (Å²) in [6, 6.07) is 11.7. The van der Waals surface area contributed by atoms with E-state index in [2.05, 4.69) is 10.6 Å². The Bertz CT molecular complexity index is 1370. The first kappa shape index (κ1) is 21.7. The van der Waals surface area contributed by atoms with Gasteiger partial charge in [-0.15, -0.1) is 11.3 Å². The van der Waals surface area contributed by atoms with Crippen LogP contribution in [-0.4, -0.2) is 24.8 Å². The molecule has 4 aromatic rings. The van der Waals surface area contributed by atoms with E-state index in [1.807, 2.05) is 43.3 Å². The fourth-order valence-corrected chi connectivity index (χ4v) is 5.91. The molecule has 0 saturated heterocycles. The van der Waals surface area contributed by atoms with E-state index >= 15 is 0 Å². The number of furan rings is 1. The molecule has 0 spiro atoms. The first-order valence-electron chi connectivity index (χ1n) is 11.0. The highest BCUT2D eigenvalue weighted by atomic mass is 32.1. The SMILES string of the molecule is CCOC(=O)c1c(NC(=S)Nc2cc3oc4ccccc4c3cc2OC)sc2c1CCCC2. The van der Waals surface area contributed by atoms with Gasteiger partial charge in [0.25, 0.3) is 0 Å². The molecule has 0 amide bonds. The fourth-order valence-electron chi connectivity index (χ4n) is 4.35. The number of carbonyl (C=O) groups is 1. The number of aryl methyl sites for hydroxylation is 1. The summed E-state index contributed by atoms with van der Waals surface area (Å²) in [7, 11) is 1.62. The molecule has 6 nitrogen and oxygen atoms in total. The number of hydrogen-bond donors (Lipinski definition) is 2. The standard InChI is InChI=1S/C25H24N2O4S2/c1-3-30-24(28)22-15-9-5-7-11-21(15)33-23(22)27-25(32)26-17-13-19-16(12-20(17)29-2)14-8-4-6-10-18(14)31-19/h4,6,8,10,12-13H,3,5,7,9,11H2,1-2H3,(H2,26,27,32). The van der Waals surface area contributed by atoms with Crippen LogP contribution in [0.2, 0.25) is 0 Å². The third-order valence-corrected chi connectivity index (χ3v) is 7.24. The zero-order chi connectivity index (χ0) is 22.9. The second kappa shape index (κ2) is 9.03. The topological polar surface area (TPSA) is 72.7 Å². The lowest BCUT2D eigenvalue weighted by Crippen LogP contribution is -2.21. The van der Waals surface area contributed by atoms with Crippen LogP contribution in [0.25, 0.3) is 21.9 Å². The molecule has 33 heavy (non-hydrogen) atoms. The fraction of sp³-hybridized carbons (Fsp3) is 0.280. The second-order valence-electron chi connectivity index (χ2n) is 7.86. The Morgan fingerprint density at radius 2 is 1.94 bits per heavy atom. The van der Waals surface area contributed by atoms with Gasteiger partial charge in [-0.1, -0.05) is 18.2 Å². The van der Waals surface area contributed by atoms with Crippen molar-refractivity contribution < 1.29 is 18.7 Å². The molecule has 2 aromatic carbocycles. The molecular formula is C25H24N2O4S2. The molecule has 2 heterocycles. The predicted octanol–water partition coefficient (Wildman–Crippen LogP) is 6.52. The highest BCUT2D eigenvalue weighted by molar-refractivity contribution is 7.80. The highest BCUT2D eigenvalue weighted by Crippen LogP contribution is 2.39. The van der Waals surface area contributed by atoms with Gasteiger partial charge in [0.2, 0.25) is 0 Å². The van der Waals surface area contributed by atoms with Crippen molar-refractivity contribution in [3.05, 3.63) is 52.4 Å². The van der Waals surface area contributed by atoms with Gasteiger partial charge in [-0.3, -0.25) is 0 Å². The number of para-hydroxylation sites is 1. The van der Waals surface area contributed by atoms with Gasteiger partial charge < -0.3 is 24.5 Å². The summed E-state index contributed by atoms with van der Waals surface area (Å²) >= 11 is 7.19. The van der Waals surface area contributed by atoms with Gasteiger partial charge in [-0.05, 0) is 62.5 Å². The van der Waals surface area contributed by atoms with E-state index in [1.165, 1.54) is 4.88 Å². The van der Waals surface area contributed by atoms with Crippen molar-refractivity contribution in [2.75, 3.05) is 24.4 Å². The van der Waals surface area contributed by atoms with Crippen LogP contribution in [0.15, 0.2) is 40.8 Å². The minimum absolute atomic E-state index is 0.302. The quantitative estimate of drug-likeness (QED) is 0.249. The summed E-state index contributed by atoms with van der Waals surface area (Å²) in [5, 5.41) is 9.54. The molecule has 2 aromatic heterocycles. The molecule has 0 saturated carbocycles. The van der Waals surface area contributed by atoms with Crippen molar-refractivity contribution in [1.82, 2.24) is 0 Å². The van der Waals surface area contributed by atoms with Crippen LogP contribution < -0.4 is 15.4 Å². The van der Waals surface area contributed by atoms with Gasteiger partial charge in [0, 0.05) is 21.7 Å². The number of thiocarbonyl (C=S) groups is 1. The van der Waals surface area contributed by atoms with Crippen LogP contribution in [0, 0.1) is 0 Å². The maximum absolute atomic E-state index is 12.7. The van der Waals surface area contributed by atoms with E-state index in [4.69, 9.17) is 26.1 Å². The van der Waals surface area contributed by atoms with E-state index in [0.29, 0.717) is 28.7 Å². The summed E-state index contributed by atoms with van der Waals surface area (Å²) in [4.78, 5) is 14.0. The molecular weight excluding hydrogens is 456 g/mol. The number of benzene rings is 2. The number of fused-ring (bicyclic) bond motifs is 4. The van der Waals surface area contributed by atoms with Crippen molar-refractivity contribution in [2.24, 2.45) is 0 Å². The number of carbonyl (C=O) groups excluding carboxylic acids is 1. The van der Waals surface area contributed by atoms with Crippen molar-refractivity contribution >= 4 is 67.3 Å². The lowest BCUT2D eigenvalue weighted by atomic mass is 9.95. The predicted molar refractivity (Wildman–Crippen MR) is 137 cm³/mol. The van der Waals surface area contributed by atoms with Crippen LogP contribution in [0.1, 0.15) is 40.6 Å². The molecule has 0 fully saturated rings. The van der Waals surface area contributed by atoms with Crippen LogP contribution in [0.3, 0.4) is 0 Å². The Kier molecular flexibility index (Phi) is 5.95. The number of methoxy groups -OCH3 is 1. The molecule has 0 atom stereocenters. The number of thiophene rings is 1. The van der Waals surface area contributed by atoms with E-state index in [0.717, 1.165) is 58.2 Å². The van der Waals surface area contributed by atoms with Crippen molar-refractivity contribution in [3.63, 3.8) is 0 Å². The molecule has 0 aliphatic heterocycles. The van der Waals surface area contributed by atoms with E-state index in [-0.39, 0.29) is 5.97 Å². The Labute approximate surface area is 200 Å². The number of rotatable bonds is 5. The van der Waals surface area contributed by atoms with Gasteiger partial charge >= 0.3 is 5.97 Å². The van der Waals surface area contributed by atoms with Crippen molar-refractivity contribution in [2.45, 2.75) is 32.6 Å². The number of nitrogens with one attached hydrogen (secondary N) is 2. The largest absolute Gasteiger partial charge is 0.495 e. The Morgan fingerprint density at radius 3 is 2.76 bits per heavy atom. The molecule has 2 N–H and O–H groups in total. The second-order valence-corrected chi connectivity index (χ2v) is 9.37. The monoisotopic (exact) mass is 480 g/mol. The summed E-state index contributed by atoms with van der Waals surface area (Å²) in [5.41, 5.74) is 3.94. The zero-order valence-corrected chi connectivity index (χ0v) is 20.1. The molecule has 5 rings (SSSR count). The minimum Gasteiger partial charge on any atom is -0.495 e. The Hall–Kier alpha value is -3.10. The van der Waals surface area contributed by atoms with Crippen LogP contribution >= 0.6 is 23.6 Å². The van der Waals surface area contributed by atoms with E-state index in [1.54, 1.807) is 18.4 Å². The molecule has 8 heteroatoms. The molecule has 1 aliphatic rings. The molecule has 0 radical (unpaired) electrons. The Morgan fingerprint density at radius 1 is 1.12 bits per heavy atom. The van der Waals surface area contributed by atoms with E-state index < -0.39 is 0 Å². The van der Waals surface area contributed by atoms with Crippen LogP contribution in [-0.2, 0) is 17.6 Å². The van der Waals surface area contributed by atoms with E-state index in [9.17, 15) is 4.79 Å². The summed E-state index contributed by atoms with van der Waals surface area (Å²) in [6.45, 7) is 2.15. The molecule has 1 aliphatic carbocycles.